The van der Waals surface area contributed by atoms with Gasteiger partial charge in [-0.05, 0) is 37.4 Å². The molecule has 9 heteroatoms. The Bertz CT molecular complexity index is 1160. The summed E-state index contributed by atoms with van der Waals surface area (Å²) < 4.78 is 28.7. The first kappa shape index (κ1) is 20.3. The predicted octanol–water partition coefficient (Wildman–Crippen LogP) is 3.16. The second-order valence-corrected chi connectivity index (χ2v) is 7.97. The molecular weight excluding hydrogens is 414 g/mol. The van der Waals surface area contributed by atoms with Gasteiger partial charge in [0.2, 0.25) is 0 Å². The number of nitrogens with one attached hydrogen (secondary N) is 2. The highest BCUT2D eigenvalue weighted by atomic mass is 19.1. The van der Waals surface area contributed by atoms with Crippen molar-refractivity contribution in [3.63, 3.8) is 0 Å². The van der Waals surface area contributed by atoms with E-state index in [9.17, 15) is 13.6 Å². The number of anilines is 3. The predicted molar refractivity (Wildman–Crippen MR) is 118 cm³/mol. The van der Waals surface area contributed by atoms with Crippen LogP contribution in [0.25, 0.3) is 11.3 Å². The third-order valence-electron chi connectivity index (χ3n) is 5.84. The molecule has 0 aliphatic carbocycles. The molecule has 0 unspecified atom stereocenters. The van der Waals surface area contributed by atoms with Crippen molar-refractivity contribution in [2.75, 3.05) is 43.4 Å². The van der Waals surface area contributed by atoms with Crippen LogP contribution in [0, 0.1) is 11.6 Å². The Kier molecular flexibility index (Phi) is 5.18. The SMILES string of the molecule is CN1CCN(c2ccc(Nc3cc(-c4c(F)cccc4F)nc4c3C(=O)NC4)nc2)CC1. The summed E-state index contributed by atoms with van der Waals surface area (Å²) in [5.74, 6) is -1.19. The molecule has 1 aromatic carbocycles. The molecule has 2 aromatic heterocycles. The molecule has 0 saturated carbocycles. The van der Waals surface area contributed by atoms with Gasteiger partial charge < -0.3 is 20.4 Å². The molecule has 0 radical (unpaired) electrons. The van der Waals surface area contributed by atoms with Crippen LogP contribution < -0.4 is 15.5 Å². The molecule has 1 saturated heterocycles. The molecule has 2 aliphatic heterocycles. The maximum Gasteiger partial charge on any atom is 0.255 e. The average Bonchev–Trinajstić information content (AvgIpc) is 3.16. The summed E-state index contributed by atoms with van der Waals surface area (Å²) in [4.78, 5) is 25.8. The van der Waals surface area contributed by atoms with Crippen molar-refractivity contribution in [1.82, 2.24) is 20.2 Å². The first-order valence-electron chi connectivity index (χ1n) is 10.4. The summed E-state index contributed by atoms with van der Waals surface area (Å²) in [5, 5.41) is 5.85. The number of aromatic nitrogens is 2. The van der Waals surface area contributed by atoms with E-state index in [1.807, 2.05) is 12.1 Å². The molecule has 2 N–H and O–H groups in total. The summed E-state index contributed by atoms with van der Waals surface area (Å²) in [6, 6.07) is 8.96. The Morgan fingerprint density at radius 3 is 2.47 bits per heavy atom. The zero-order chi connectivity index (χ0) is 22.2. The van der Waals surface area contributed by atoms with Gasteiger partial charge in [0.15, 0.2) is 0 Å². The fourth-order valence-corrected chi connectivity index (χ4v) is 4.05. The molecule has 0 bridgehead atoms. The van der Waals surface area contributed by atoms with Crippen molar-refractivity contribution in [2.45, 2.75) is 6.54 Å². The fraction of sp³-hybridized carbons (Fsp3) is 0.261. The van der Waals surface area contributed by atoms with Crippen LogP contribution in [0.15, 0.2) is 42.6 Å². The Balaban J connectivity index is 1.47. The molecule has 0 atom stereocenters. The number of likely N-dealkylation sites (N-methyl/N-ethyl adjacent to an activating group) is 1. The summed E-state index contributed by atoms with van der Waals surface area (Å²) >= 11 is 0. The summed E-state index contributed by atoms with van der Waals surface area (Å²) in [5.41, 5.74) is 2.11. The van der Waals surface area contributed by atoms with Gasteiger partial charge in [0.1, 0.15) is 17.5 Å². The van der Waals surface area contributed by atoms with Gasteiger partial charge in [0, 0.05) is 26.2 Å². The quantitative estimate of drug-likeness (QED) is 0.655. The third kappa shape index (κ3) is 3.75. The Morgan fingerprint density at radius 2 is 1.78 bits per heavy atom. The number of hydrogen-bond acceptors (Lipinski definition) is 6. The highest BCUT2D eigenvalue weighted by molar-refractivity contribution is 6.04. The molecular formula is C23H22F2N6O. The van der Waals surface area contributed by atoms with Gasteiger partial charge in [-0.25, -0.2) is 18.7 Å². The number of fused-ring (bicyclic) bond motifs is 1. The molecule has 4 heterocycles. The van der Waals surface area contributed by atoms with Gasteiger partial charge in [-0.15, -0.1) is 0 Å². The first-order chi connectivity index (χ1) is 15.5. The normalized spacial score (nSPS) is 16.1. The van der Waals surface area contributed by atoms with Crippen molar-refractivity contribution < 1.29 is 13.6 Å². The summed E-state index contributed by atoms with van der Waals surface area (Å²) in [6.07, 6.45) is 1.78. The van der Waals surface area contributed by atoms with E-state index in [2.05, 4.69) is 37.4 Å². The number of piperazine rings is 1. The first-order valence-corrected chi connectivity index (χ1v) is 10.4. The van der Waals surface area contributed by atoms with E-state index in [1.54, 1.807) is 6.20 Å². The van der Waals surface area contributed by atoms with Crippen molar-refractivity contribution in [3.8, 4) is 11.3 Å². The van der Waals surface area contributed by atoms with E-state index < -0.39 is 11.6 Å². The molecule has 1 fully saturated rings. The number of pyridine rings is 2. The molecule has 2 aliphatic rings. The van der Waals surface area contributed by atoms with E-state index in [0.717, 1.165) is 31.9 Å². The highest BCUT2D eigenvalue weighted by Crippen LogP contribution is 2.33. The maximum atomic E-state index is 14.4. The number of carbonyl (C=O) groups excluding carboxylic acids is 1. The second kappa shape index (κ2) is 8.16. The lowest BCUT2D eigenvalue weighted by molar-refractivity contribution is 0.0966. The number of rotatable bonds is 4. The maximum absolute atomic E-state index is 14.4. The second-order valence-electron chi connectivity index (χ2n) is 7.97. The van der Waals surface area contributed by atoms with Gasteiger partial charge in [-0.1, -0.05) is 6.07 Å². The van der Waals surface area contributed by atoms with E-state index in [4.69, 9.17) is 0 Å². The van der Waals surface area contributed by atoms with E-state index in [1.165, 1.54) is 24.3 Å². The Hall–Kier alpha value is -3.59. The van der Waals surface area contributed by atoms with Crippen LogP contribution in [-0.2, 0) is 6.54 Å². The molecule has 7 nitrogen and oxygen atoms in total. The molecule has 164 valence electrons. The Morgan fingerprint density at radius 1 is 1.03 bits per heavy atom. The fourth-order valence-electron chi connectivity index (χ4n) is 4.05. The van der Waals surface area contributed by atoms with Crippen molar-refractivity contribution in [2.24, 2.45) is 0 Å². The van der Waals surface area contributed by atoms with Crippen molar-refractivity contribution >= 4 is 23.1 Å². The summed E-state index contributed by atoms with van der Waals surface area (Å²) in [6.45, 7) is 4.05. The smallest absolute Gasteiger partial charge is 0.255 e. The lowest BCUT2D eigenvalue weighted by Crippen LogP contribution is -2.44. The number of carbonyl (C=O) groups is 1. The topological polar surface area (TPSA) is 73.4 Å². The zero-order valence-electron chi connectivity index (χ0n) is 17.5. The van der Waals surface area contributed by atoms with Crippen molar-refractivity contribution in [1.29, 1.82) is 0 Å². The van der Waals surface area contributed by atoms with Crippen LogP contribution in [0.2, 0.25) is 0 Å². The highest BCUT2D eigenvalue weighted by Gasteiger charge is 2.27. The Labute approximate surface area is 184 Å². The van der Waals surface area contributed by atoms with Crippen LogP contribution >= 0.6 is 0 Å². The van der Waals surface area contributed by atoms with Gasteiger partial charge in [0.05, 0.1) is 46.6 Å². The number of hydrogen-bond donors (Lipinski definition) is 2. The molecule has 32 heavy (non-hydrogen) atoms. The minimum absolute atomic E-state index is 0.118. The molecule has 5 rings (SSSR count). The number of amides is 1. The lowest BCUT2D eigenvalue weighted by Gasteiger charge is -2.33. The lowest BCUT2D eigenvalue weighted by atomic mass is 10.1. The molecule has 1 amide bonds. The average molecular weight is 436 g/mol. The third-order valence-corrected chi connectivity index (χ3v) is 5.84. The monoisotopic (exact) mass is 436 g/mol. The zero-order valence-corrected chi connectivity index (χ0v) is 17.5. The number of benzene rings is 1. The van der Waals surface area contributed by atoms with Crippen LogP contribution in [-0.4, -0.2) is 54.0 Å². The van der Waals surface area contributed by atoms with Gasteiger partial charge in [-0.3, -0.25) is 4.79 Å². The number of halogens is 2. The van der Waals surface area contributed by atoms with E-state index in [0.29, 0.717) is 22.8 Å². The van der Waals surface area contributed by atoms with Crippen LogP contribution in [0.3, 0.4) is 0 Å². The van der Waals surface area contributed by atoms with Gasteiger partial charge in [0.25, 0.3) is 5.91 Å². The largest absolute Gasteiger partial charge is 0.368 e. The number of nitrogens with zero attached hydrogens (tertiary/aromatic N) is 4. The standard InChI is InChI=1S/C23H22F2N6O/c1-30-7-9-31(10-8-30)14-5-6-20(26-12-14)29-18-11-17(21-15(24)3-2-4-16(21)25)28-19-13-27-23(32)22(18)19/h2-6,11-12H,7-10,13H2,1H3,(H,27,32)(H,26,28,29). The summed E-state index contributed by atoms with van der Waals surface area (Å²) in [7, 11) is 2.10. The van der Waals surface area contributed by atoms with E-state index in [-0.39, 0.29) is 23.7 Å². The van der Waals surface area contributed by atoms with Gasteiger partial charge >= 0.3 is 0 Å². The van der Waals surface area contributed by atoms with Crippen LogP contribution in [0.4, 0.5) is 26.0 Å². The van der Waals surface area contributed by atoms with E-state index >= 15 is 0 Å². The van der Waals surface area contributed by atoms with Gasteiger partial charge in [-0.2, -0.15) is 0 Å². The molecule has 3 aromatic rings. The minimum atomic E-state index is -0.713. The minimum Gasteiger partial charge on any atom is -0.368 e. The molecule has 0 spiro atoms. The van der Waals surface area contributed by atoms with Crippen LogP contribution in [0.5, 0.6) is 0 Å². The van der Waals surface area contributed by atoms with Crippen LogP contribution in [0.1, 0.15) is 16.1 Å². The van der Waals surface area contributed by atoms with Crippen molar-refractivity contribution in [3.05, 3.63) is 65.5 Å².